The minimum absolute atomic E-state index is 0.109. The molecule has 1 aromatic carbocycles. The largest absolute Gasteiger partial charge is 0.368 e. The molecule has 0 fully saturated rings. The first-order chi connectivity index (χ1) is 8.36. The molecule has 0 radical (unpaired) electrons. The van der Waals surface area contributed by atoms with Crippen LogP contribution < -0.4 is 5.73 Å². The Morgan fingerprint density at radius 2 is 1.61 bits per heavy atom. The molecule has 2 rings (SSSR count). The van der Waals surface area contributed by atoms with E-state index >= 15 is 0 Å². The average Bonchev–Trinajstić information content (AvgIpc) is 2.27. The number of nitrogen functional groups attached to an aromatic ring is 1. The van der Waals surface area contributed by atoms with E-state index in [0.29, 0.717) is 5.82 Å². The minimum Gasteiger partial charge on any atom is -0.368 e. The maximum Gasteiger partial charge on any atom is 0.227 e. The van der Waals surface area contributed by atoms with Gasteiger partial charge in [0.15, 0.2) is 5.82 Å². The highest BCUT2D eigenvalue weighted by Crippen LogP contribution is 2.25. The number of nitrogens with two attached hydrogens (primary N) is 1. The lowest BCUT2D eigenvalue weighted by Crippen LogP contribution is -2.10. The number of benzene rings is 1. The number of aromatic nitrogens is 3. The summed E-state index contributed by atoms with van der Waals surface area (Å²) in [6.45, 7) is 6.50. The molecule has 0 saturated heterocycles. The number of nitrogens with zero attached hydrogens (tertiary/aromatic N) is 3. The summed E-state index contributed by atoms with van der Waals surface area (Å²) in [7, 11) is 0. The molecule has 1 aromatic heterocycles. The van der Waals surface area contributed by atoms with Gasteiger partial charge in [-0.3, -0.25) is 0 Å². The van der Waals surface area contributed by atoms with Gasteiger partial charge in [0, 0.05) is 5.56 Å². The molecule has 5 heteroatoms. The second-order valence-corrected chi connectivity index (χ2v) is 5.45. The van der Waals surface area contributed by atoms with Crippen molar-refractivity contribution < 1.29 is 0 Å². The van der Waals surface area contributed by atoms with Gasteiger partial charge in [0.05, 0.1) is 0 Å². The molecule has 0 amide bonds. The molecule has 0 unspecified atom stereocenters. The zero-order valence-corrected chi connectivity index (χ0v) is 11.4. The van der Waals surface area contributed by atoms with Gasteiger partial charge in [-0.15, -0.1) is 0 Å². The van der Waals surface area contributed by atoms with Crippen LogP contribution in [0.25, 0.3) is 11.4 Å². The van der Waals surface area contributed by atoms with Crippen LogP contribution in [0.1, 0.15) is 26.3 Å². The third-order valence-electron chi connectivity index (χ3n) is 2.63. The van der Waals surface area contributed by atoms with Crippen LogP contribution in [-0.2, 0) is 5.41 Å². The third kappa shape index (κ3) is 2.76. The zero-order chi connectivity index (χ0) is 13.3. The van der Waals surface area contributed by atoms with E-state index in [4.69, 9.17) is 17.3 Å². The van der Waals surface area contributed by atoms with Crippen LogP contribution in [0, 0.1) is 0 Å². The fourth-order valence-corrected chi connectivity index (χ4v) is 1.78. The summed E-state index contributed by atoms with van der Waals surface area (Å²) in [5, 5.41) is 0.109. The average molecular weight is 263 g/mol. The molecule has 1 heterocycles. The molecular formula is C13H15ClN4. The lowest BCUT2D eigenvalue weighted by atomic mass is 9.87. The topological polar surface area (TPSA) is 64.7 Å². The van der Waals surface area contributed by atoms with E-state index in [1.165, 1.54) is 5.56 Å². The molecule has 0 bridgehead atoms. The Hall–Kier alpha value is -1.68. The van der Waals surface area contributed by atoms with E-state index in [9.17, 15) is 0 Å². The van der Waals surface area contributed by atoms with Gasteiger partial charge in [0.2, 0.25) is 11.2 Å². The number of rotatable bonds is 1. The Morgan fingerprint density at radius 1 is 1.00 bits per heavy atom. The summed E-state index contributed by atoms with van der Waals surface area (Å²) >= 11 is 5.76. The predicted molar refractivity (Wildman–Crippen MR) is 73.4 cm³/mol. The Kier molecular flexibility index (Phi) is 3.22. The van der Waals surface area contributed by atoms with Crippen molar-refractivity contribution in [3.8, 4) is 11.4 Å². The van der Waals surface area contributed by atoms with Gasteiger partial charge in [-0.25, -0.2) is 0 Å². The third-order valence-corrected chi connectivity index (χ3v) is 2.80. The number of hydrogen-bond acceptors (Lipinski definition) is 4. The molecule has 0 atom stereocenters. The smallest absolute Gasteiger partial charge is 0.227 e. The van der Waals surface area contributed by atoms with Crippen LogP contribution in [0.4, 0.5) is 5.95 Å². The van der Waals surface area contributed by atoms with E-state index in [1.807, 2.05) is 12.1 Å². The molecule has 2 aromatic rings. The molecule has 94 valence electrons. The van der Waals surface area contributed by atoms with Crippen LogP contribution in [0.3, 0.4) is 0 Å². The van der Waals surface area contributed by atoms with Gasteiger partial charge >= 0.3 is 0 Å². The Morgan fingerprint density at radius 3 is 2.11 bits per heavy atom. The molecule has 0 aliphatic carbocycles. The molecular weight excluding hydrogens is 248 g/mol. The summed E-state index contributed by atoms with van der Waals surface area (Å²) < 4.78 is 0. The molecule has 0 spiro atoms. The van der Waals surface area contributed by atoms with E-state index in [0.717, 1.165) is 5.56 Å². The molecule has 4 nitrogen and oxygen atoms in total. The number of halogens is 1. The maximum atomic E-state index is 5.76. The molecule has 2 N–H and O–H groups in total. The quantitative estimate of drug-likeness (QED) is 0.858. The molecule has 0 aliphatic heterocycles. The number of hydrogen-bond donors (Lipinski definition) is 1. The summed E-state index contributed by atoms with van der Waals surface area (Å²) in [4.78, 5) is 11.9. The van der Waals surface area contributed by atoms with Crippen molar-refractivity contribution in [2.75, 3.05) is 5.73 Å². The van der Waals surface area contributed by atoms with Crippen LogP contribution in [0.5, 0.6) is 0 Å². The van der Waals surface area contributed by atoms with Gasteiger partial charge in [-0.05, 0) is 22.6 Å². The standard InChI is InChI=1S/C13H15ClN4/c1-13(2,3)9-6-4-8(5-7-9)10-16-11(14)18-12(15)17-10/h4-7H,1-3H3,(H2,15,16,17,18). The highest BCUT2D eigenvalue weighted by molar-refractivity contribution is 6.28. The van der Waals surface area contributed by atoms with Crippen molar-refractivity contribution in [2.45, 2.75) is 26.2 Å². The highest BCUT2D eigenvalue weighted by Gasteiger charge is 2.13. The van der Waals surface area contributed by atoms with Gasteiger partial charge in [-0.1, -0.05) is 45.0 Å². The van der Waals surface area contributed by atoms with Crippen molar-refractivity contribution in [3.63, 3.8) is 0 Å². The normalized spacial score (nSPS) is 11.6. The van der Waals surface area contributed by atoms with Gasteiger partial charge in [0.1, 0.15) is 0 Å². The first-order valence-corrected chi connectivity index (χ1v) is 6.02. The van der Waals surface area contributed by atoms with Crippen molar-refractivity contribution in [1.29, 1.82) is 0 Å². The first-order valence-electron chi connectivity index (χ1n) is 5.64. The highest BCUT2D eigenvalue weighted by atomic mass is 35.5. The van der Waals surface area contributed by atoms with Crippen LogP contribution >= 0.6 is 11.6 Å². The SMILES string of the molecule is CC(C)(C)c1ccc(-c2nc(N)nc(Cl)n2)cc1. The summed E-state index contributed by atoms with van der Waals surface area (Å²) in [6, 6.07) is 8.05. The van der Waals surface area contributed by atoms with Crippen molar-refractivity contribution in [1.82, 2.24) is 15.0 Å². The predicted octanol–water partition coefficient (Wildman–Crippen LogP) is 3.07. The zero-order valence-electron chi connectivity index (χ0n) is 10.6. The van der Waals surface area contributed by atoms with Crippen LogP contribution in [0.2, 0.25) is 5.28 Å². The lowest BCUT2D eigenvalue weighted by molar-refractivity contribution is 0.590. The Labute approximate surface area is 111 Å². The molecule has 0 saturated carbocycles. The van der Waals surface area contributed by atoms with E-state index < -0.39 is 0 Å². The van der Waals surface area contributed by atoms with Crippen molar-refractivity contribution in [3.05, 3.63) is 35.1 Å². The van der Waals surface area contributed by atoms with Crippen LogP contribution in [0.15, 0.2) is 24.3 Å². The lowest BCUT2D eigenvalue weighted by Gasteiger charge is -2.18. The van der Waals surface area contributed by atoms with Gasteiger partial charge in [0.25, 0.3) is 0 Å². The summed E-state index contributed by atoms with van der Waals surface area (Å²) in [6.07, 6.45) is 0. The second-order valence-electron chi connectivity index (χ2n) is 5.11. The minimum atomic E-state index is 0.109. The van der Waals surface area contributed by atoms with Crippen molar-refractivity contribution >= 4 is 17.5 Å². The number of anilines is 1. The molecule has 0 aliphatic rings. The van der Waals surface area contributed by atoms with E-state index in [2.05, 4.69) is 47.9 Å². The fraction of sp³-hybridized carbons (Fsp3) is 0.308. The summed E-state index contributed by atoms with van der Waals surface area (Å²) in [5.41, 5.74) is 7.79. The Balaban J connectivity index is 2.40. The van der Waals surface area contributed by atoms with Crippen molar-refractivity contribution in [2.24, 2.45) is 0 Å². The maximum absolute atomic E-state index is 5.76. The van der Waals surface area contributed by atoms with Gasteiger partial charge in [-0.2, -0.15) is 15.0 Å². The fourth-order valence-electron chi connectivity index (χ4n) is 1.61. The Bertz CT molecular complexity index is 538. The molecule has 18 heavy (non-hydrogen) atoms. The van der Waals surface area contributed by atoms with E-state index in [1.54, 1.807) is 0 Å². The monoisotopic (exact) mass is 262 g/mol. The summed E-state index contributed by atoms with van der Waals surface area (Å²) in [5.74, 6) is 0.623. The van der Waals surface area contributed by atoms with E-state index in [-0.39, 0.29) is 16.6 Å². The van der Waals surface area contributed by atoms with Gasteiger partial charge < -0.3 is 5.73 Å². The second kappa shape index (κ2) is 4.53. The first kappa shape index (κ1) is 12.8. The van der Waals surface area contributed by atoms with Crippen LogP contribution in [-0.4, -0.2) is 15.0 Å².